The number of nitrogens with one attached hydrogen (secondary N) is 2. The largest absolute Gasteiger partial charge is 0.497 e. The molecule has 0 saturated carbocycles. The zero-order chi connectivity index (χ0) is 18.2. The van der Waals surface area contributed by atoms with Gasteiger partial charge in [0.2, 0.25) is 0 Å². The minimum atomic E-state index is -0.303. The highest BCUT2D eigenvalue weighted by Gasteiger charge is 2.11. The van der Waals surface area contributed by atoms with Gasteiger partial charge in [-0.05, 0) is 64.9 Å². The topological polar surface area (TPSA) is 59.6 Å². The number of thiocarbonyl (C=S) groups is 1. The molecule has 5 nitrogen and oxygen atoms in total. The average molecular weight is 423 g/mol. The molecule has 7 heteroatoms. The van der Waals surface area contributed by atoms with Crippen molar-refractivity contribution < 1.29 is 14.3 Å². The summed E-state index contributed by atoms with van der Waals surface area (Å²) in [6.45, 7) is 2.66. The van der Waals surface area contributed by atoms with E-state index in [0.717, 1.165) is 16.6 Å². The zero-order valence-corrected chi connectivity index (χ0v) is 16.4. The Balaban J connectivity index is 1.98. The van der Waals surface area contributed by atoms with Crippen molar-refractivity contribution in [2.75, 3.05) is 19.0 Å². The lowest BCUT2D eigenvalue weighted by Crippen LogP contribution is -2.34. The highest BCUT2D eigenvalue weighted by Crippen LogP contribution is 2.26. The van der Waals surface area contributed by atoms with Crippen molar-refractivity contribution in [1.29, 1.82) is 0 Å². The third-order valence-electron chi connectivity index (χ3n) is 3.21. The third-order valence-corrected chi connectivity index (χ3v) is 4.03. The molecule has 0 unspecified atom stereocenters. The van der Waals surface area contributed by atoms with E-state index in [-0.39, 0.29) is 11.0 Å². The summed E-state index contributed by atoms with van der Waals surface area (Å²) in [6.07, 6.45) is 0.916. The Morgan fingerprint density at radius 2 is 2.04 bits per heavy atom. The molecule has 2 aromatic carbocycles. The van der Waals surface area contributed by atoms with Crippen molar-refractivity contribution in [3.8, 4) is 11.5 Å². The van der Waals surface area contributed by atoms with Crippen LogP contribution in [-0.2, 0) is 0 Å². The number of benzene rings is 2. The molecule has 0 spiro atoms. The molecule has 2 aromatic rings. The van der Waals surface area contributed by atoms with E-state index < -0.39 is 0 Å². The molecule has 0 aliphatic carbocycles. The molecule has 2 rings (SSSR count). The fraction of sp³-hybridized carbons (Fsp3) is 0.222. The number of amides is 1. The van der Waals surface area contributed by atoms with E-state index in [1.165, 1.54) is 0 Å². The molecule has 0 fully saturated rings. The van der Waals surface area contributed by atoms with Gasteiger partial charge in [-0.2, -0.15) is 0 Å². The van der Waals surface area contributed by atoms with E-state index in [9.17, 15) is 4.79 Å². The first-order valence-corrected chi connectivity index (χ1v) is 8.92. The van der Waals surface area contributed by atoms with Gasteiger partial charge in [0.25, 0.3) is 5.91 Å². The number of ether oxygens (including phenoxy) is 2. The molecule has 0 aliphatic rings. The van der Waals surface area contributed by atoms with Gasteiger partial charge in [0, 0.05) is 17.3 Å². The van der Waals surface area contributed by atoms with Gasteiger partial charge in [0.15, 0.2) is 5.11 Å². The summed E-state index contributed by atoms with van der Waals surface area (Å²) in [6, 6.07) is 12.4. The van der Waals surface area contributed by atoms with Crippen LogP contribution in [-0.4, -0.2) is 24.7 Å². The monoisotopic (exact) mass is 422 g/mol. The fourth-order valence-electron chi connectivity index (χ4n) is 2.01. The fourth-order valence-corrected chi connectivity index (χ4v) is 2.71. The maximum atomic E-state index is 12.3. The molecular weight excluding hydrogens is 404 g/mol. The number of methoxy groups -OCH3 is 1. The van der Waals surface area contributed by atoms with E-state index in [2.05, 4.69) is 26.6 Å². The van der Waals surface area contributed by atoms with Gasteiger partial charge < -0.3 is 14.8 Å². The summed E-state index contributed by atoms with van der Waals surface area (Å²) in [5.41, 5.74) is 1.21. The van der Waals surface area contributed by atoms with E-state index in [1.54, 1.807) is 31.4 Å². The van der Waals surface area contributed by atoms with Gasteiger partial charge in [0.05, 0.1) is 18.2 Å². The molecule has 132 valence electrons. The van der Waals surface area contributed by atoms with Crippen molar-refractivity contribution >= 4 is 44.9 Å². The van der Waals surface area contributed by atoms with E-state index in [4.69, 9.17) is 21.7 Å². The molecule has 0 saturated heterocycles. The van der Waals surface area contributed by atoms with Crippen LogP contribution in [0, 0.1) is 0 Å². The second-order valence-corrected chi connectivity index (χ2v) is 6.40. The summed E-state index contributed by atoms with van der Waals surface area (Å²) >= 11 is 8.60. The number of carbonyl (C=O) groups excluding carboxylic acids is 1. The smallest absolute Gasteiger partial charge is 0.257 e. The van der Waals surface area contributed by atoms with Crippen LogP contribution >= 0.6 is 28.1 Å². The summed E-state index contributed by atoms with van der Waals surface area (Å²) in [5, 5.41) is 5.81. The molecule has 0 atom stereocenters. The zero-order valence-electron chi connectivity index (χ0n) is 14.0. The maximum Gasteiger partial charge on any atom is 0.257 e. The van der Waals surface area contributed by atoms with Gasteiger partial charge in [0.1, 0.15) is 11.5 Å². The predicted molar refractivity (Wildman–Crippen MR) is 107 cm³/mol. The van der Waals surface area contributed by atoms with Gasteiger partial charge in [-0.15, -0.1) is 0 Å². The Hall–Kier alpha value is -2.12. The van der Waals surface area contributed by atoms with Gasteiger partial charge in [-0.1, -0.05) is 13.0 Å². The van der Waals surface area contributed by atoms with Crippen LogP contribution in [0.4, 0.5) is 5.69 Å². The Morgan fingerprint density at radius 1 is 1.24 bits per heavy atom. The lowest BCUT2D eigenvalue weighted by atomic mass is 10.2. The molecule has 0 aromatic heterocycles. The number of hydrogen-bond donors (Lipinski definition) is 2. The minimum Gasteiger partial charge on any atom is -0.497 e. The summed E-state index contributed by atoms with van der Waals surface area (Å²) in [4.78, 5) is 12.3. The first-order chi connectivity index (χ1) is 12.0. The number of rotatable bonds is 6. The molecule has 1 amide bonds. The van der Waals surface area contributed by atoms with E-state index in [1.807, 2.05) is 25.1 Å². The van der Waals surface area contributed by atoms with Crippen LogP contribution in [0.15, 0.2) is 46.9 Å². The van der Waals surface area contributed by atoms with Crippen LogP contribution in [0.1, 0.15) is 23.7 Å². The van der Waals surface area contributed by atoms with Crippen LogP contribution < -0.4 is 20.1 Å². The second kappa shape index (κ2) is 9.39. The Kier molecular flexibility index (Phi) is 7.21. The molecule has 0 radical (unpaired) electrons. The molecule has 25 heavy (non-hydrogen) atoms. The third kappa shape index (κ3) is 5.72. The number of halogens is 1. The SMILES string of the molecule is CCCOc1ccc(C(=O)NC(=S)Nc2cccc(OC)c2)cc1Br. The summed E-state index contributed by atoms with van der Waals surface area (Å²) in [5.74, 6) is 1.10. The summed E-state index contributed by atoms with van der Waals surface area (Å²) in [7, 11) is 1.59. The van der Waals surface area contributed by atoms with Crippen molar-refractivity contribution in [2.45, 2.75) is 13.3 Å². The number of hydrogen-bond acceptors (Lipinski definition) is 4. The normalized spacial score (nSPS) is 10.0. The van der Waals surface area contributed by atoms with E-state index in [0.29, 0.717) is 23.7 Å². The highest BCUT2D eigenvalue weighted by molar-refractivity contribution is 9.10. The maximum absolute atomic E-state index is 12.3. The molecule has 2 N–H and O–H groups in total. The molecule has 0 heterocycles. The molecule has 0 bridgehead atoms. The molecular formula is C18H19BrN2O3S. The Morgan fingerprint density at radius 3 is 2.72 bits per heavy atom. The van der Waals surface area contributed by atoms with Gasteiger partial charge in [-0.3, -0.25) is 10.1 Å². The molecule has 0 aliphatic heterocycles. The first kappa shape index (κ1) is 19.2. The van der Waals surface area contributed by atoms with Gasteiger partial charge >= 0.3 is 0 Å². The van der Waals surface area contributed by atoms with E-state index >= 15 is 0 Å². The summed E-state index contributed by atoms with van der Waals surface area (Å²) < 4.78 is 11.4. The standard InChI is InChI=1S/C18H19BrN2O3S/c1-3-9-24-16-8-7-12(10-15(16)19)17(22)21-18(25)20-13-5-4-6-14(11-13)23-2/h4-8,10-11H,3,9H2,1-2H3,(H2,20,21,22,25). The Bertz CT molecular complexity index is 768. The van der Waals surface area contributed by atoms with Gasteiger partial charge in [-0.25, -0.2) is 0 Å². The van der Waals surface area contributed by atoms with Crippen LogP contribution in [0.5, 0.6) is 11.5 Å². The number of carbonyl (C=O) groups is 1. The van der Waals surface area contributed by atoms with Crippen molar-refractivity contribution in [3.05, 3.63) is 52.5 Å². The average Bonchev–Trinajstić information content (AvgIpc) is 2.60. The van der Waals surface area contributed by atoms with Crippen molar-refractivity contribution in [3.63, 3.8) is 0 Å². The van der Waals surface area contributed by atoms with Crippen molar-refractivity contribution in [2.24, 2.45) is 0 Å². The second-order valence-electron chi connectivity index (χ2n) is 5.13. The number of anilines is 1. The lowest BCUT2D eigenvalue weighted by molar-refractivity contribution is 0.0977. The quantitative estimate of drug-likeness (QED) is 0.676. The Labute approximate surface area is 160 Å². The first-order valence-electron chi connectivity index (χ1n) is 7.72. The highest BCUT2D eigenvalue weighted by atomic mass is 79.9. The van der Waals surface area contributed by atoms with Crippen LogP contribution in [0.2, 0.25) is 0 Å². The van der Waals surface area contributed by atoms with Crippen molar-refractivity contribution in [1.82, 2.24) is 5.32 Å². The van der Waals surface area contributed by atoms with Crippen LogP contribution in [0.25, 0.3) is 0 Å². The lowest BCUT2D eigenvalue weighted by Gasteiger charge is -2.12. The van der Waals surface area contributed by atoms with Crippen LogP contribution in [0.3, 0.4) is 0 Å². The predicted octanol–water partition coefficient (Wildman–Crippen LogP) is 4.37. The minimum absolute atomic E-state index is 0.209.